The lowest BCUT2D eigenvalue weighted by atomic mass is 9.90. The van der Waals surface area contributed by atoms with Crippen LogP contribution in [-0.4, -0.2) is 117 Å². The second-order valence-electron chi connectivity index (χ2n) is 9.28. The van der Waals surface area contributed by atoms with Crippen LogP contribution >= 0.6 is 0 Å². The number of carbonyl (C=O) groups excluding carboxylic acids is 2. The number of likely N-dealkylation sites (N-methyl/N-ethyl adjacent to an activating group) is 1. The molecule has 0 N–H and O–H groups in total. The number of piperazine rings is 1. The zero-order valence-electron chi connectivity index (χ0n) is 19.5. The molecule has 3 saturated heterocycles. The number of carbonyl (C=O) groups is 2. The van der Waals surface area contributed by atoms with Crippen molar-refractivity contribution in [3.63, 3.8) is 0 Å². The second kappa shape index (κ2) is 11.3. The van der Waals surface area contributed by atoms with Gasteiger partial charge in [-0.25, -0.2) is 4.39 Å². The highest BCUT2D eigenvalue weighted by molar-refractivity contribution is 5.79. The van der Waals surface area contributed by atoms with Gasteiger partial charge in [0.2, 0.25) is 11.8 Å². The summed E-state index contributed by atoms with van der Waals surface area (Å²) in [5.74, 6) is 0.376. The van der Waals surface area contributed by atoms with Gasteiger partial charge in [-0.1, -0.05) is 0 Å². The molecule has 0 aromatic heterocycles. The summed E-state index contributed by atoms with van der Waals surface area (Å²) in [6, 6.07) is 5.98. The summed E-state index contributed by atoms with van der Waals surface area (Å²) in [5.41, 5.74) is 0. The summed E-state index contributed by atoms with van der Waals surface area (Å²) in [5, 5.41) is 0. The van der Waals surface area contributed by atoms with Crippen molar-refractivity contribution in [1.82, 2.24) is 19.6 Å². The number of hydrogen-bond acceptors (Lipinski definition) is 6. The molecule has 0 radical (unpaired) electrons. The normalized spacial score (nSPS) is 25.2. The van der Waals surface area contributed by atoms with Gasteiger partial charge in [-0.3, -0.25) is 14.5 Å². The van der Waals surface area contributed by atoms with Crippen LogP contribution in [0.15, 0.2) is 24.3 Å². The maximum Gasteiger partial charge on any atom is 0.236 e. The molecule has 3 aliphatic heterocycles. The van der Waals surface area contributed by atoms with E-state index in [-0.39, 0.29) is 29.7 Å². The second-order valence-corrected chi connectivity index (χ2v) is 9.28. The van der Waals surface area contributed by atoms with Crippen LogP contribution in [-0.2, 0) is 14.3 Å². The number of hydrogen-bond donors (Lipinski definition) is 0. The van der Waals surface area contributed by atoms with Crippen molar-refractivity contribution in [3.8, 4) is 5.75 Å². The largest absolute Gasteiger partial charge is 0.490 e. The number of halogens is 1. The fourth-order valence-corrected chi connectivity index (χ4v) is 4.74. The third-order valence-corrected chi connectivity index (χ3v) is 6.87. The van der Waals surface area contributed by atoms with Gasteiger partial charge in [-0.2, -0.15) is 0 Å². The first kappa shape index (κ1) is 23.9. The van der Waals surface area contributed by atoms with Gasteiger partial charge in [0.25, 0.3) is 0 Å². The molecular formula is C24H35FN4O4. The van der Waals surface area contributed by atoms with Gasteiger partial charge in [0, 0.05) is 71.1 Å². The molecule has 33 heavy (non-hydrogen) atoms. The van der Waals surface area contributed by atoms with Crippen LogP contribution in [0, 0.1) is 11.7 Å². The zero-order chi connectivity index (χ0) is 23.2. The topological polar surface area (TPSA) is 65.6 Å². The van der Waals surface area contributed by atoms with Gasteiger partial charge in [0.1, 0.15) is 17.7 Å². The molecule has 0 aliphatic carbocycles. The monoisotopic (exact) mass is 462 g/mol. The summed E-state index contributed by atoms with van der Waals surface area (Å²) in [4.78, 5) is 34.2. The lowest BCUT2D eigenvalue weighted by Gasteiger charge is -2.40. The fraction of sp³-hybridized carbons (Fsp3) is 0.667. The summed E-state index contributed by atoms with van der Waals surface area (Å²) in [6.45, 7) is 7.51. The van der Waals surface area contributed by atoms with E-state index in [1.165, 1.54) is 12.1 Å². The quantitative estimate of drug-likeness (QED) is 0.627. The van der Waals surface area contributed by atoms with Crippen LogP contribution in [0.4, 0.5) is 4.39 Å². The van der Waals surface area contributed by atoms with Gasteiger partial charge < -0.3 is 24.2 Å². The Morgan fingerprint density at radius 3 is 2.36 bits per heavy atom. The smallest absolute Gasteiger partial charge is 0.236 e. The molecule has 1 aromatic carbocycles. The van der Waals surface area contributed by atoms with Crippen molar-refractivity contribution in [2.24, 2.45) is 5.92 Å². The standard InChI is InChI=1S/C24H35FN4O4/c1-26-8-10-28(11-9-26)23(30)16-19-17-29(24(31)18-27-12-14-32-15-13-27)7-6-22(19)33-21-4-2-20(25)3-5-21/h2-5,19,22H,6-18H2,1H3/t19-,22-/m0/s1. The first-order valence-electron chi connectivity index (χ1n) is 11.9. The van der Waals surface area contributed by atoms with E-state index in [2.05, 4.69) is 16.8 Å². The molecule has 0 bridgehead atoms. The van der Waals surface area contributed by atoms with Gasteiger partial charge in [0.05, 0.1) is 19.8 Å². The average molecular weight is 463 g/mol. The van der Waals surface area contributed by atoms with E-state index in [0.717, 1.165) is 39.3 Å². The number of ether oxygens (including phenoxy) is 2. The molecule has 2 amide bonds. The first-order chi connectivity index (χ1) is 16.0. The van der Waals surface area contributed by atoms with E-state index in [4.69, 9.17) is 9.47 Å². The highest BCUT2D eigenvalue weighted by atomic mass is 19.1. The van der Waals surface area contributed by atoms with Crippen molar-refractivity contribution in [2.75, 3.05) is 79.2 Å². The Labute approximate surface area is 195 Å². The van der Waals surface area contributed by atoms with Crippen molar-refractivity contribution >= 4 is 11.8 Å². The van der Waals surface area contributed by atoms with E-state index >= 15 is 0 Å². The Kier molecular flexibility index (Phi) is 8.16. The SMILES string of the molecule is CN1CCN(C(=O)C[C@H]2CN(C(=O)CN3CCOCC3)CC[C@@H]2Oc2ccc(F)cc2)CC1. The maximum atomic E-state index is 13.3. The highest BCUT2D eigenvalue weighted by Crippen LogP contribution is 2.27. The van der Waals surface area contributed by atoms with Gasteiger partial charge in [-0.05, 0) is 31.3 Å². The summed E-state index contributed by atoms with van der Waals surface area (Å²) >= 11 is 0. The van der Waals surface area contributed by atoms with Crippen LogP contribution in [0.25, 0.3) is 0 Å². The lowest BCUT2D eigenvalue weighted by Crippen LogP contribution is -2.53. The number of nitrogens with zero attached hydrogens (tertiary/aromatic N) is 4. The average Bonchev–Trinajstić information content (AvgIpc) is 2.82. The third-order valence-electron chi connectivity index (χ3n) is 6.87. The molecular weight excluding hydrogens is 427 g/mol. The minimum Gasteiger partial charge on any atom is -0.490 e. The minimum absolute atomic E-state index is 0.0918. The van der Waals surface area contributed by atoms with E-state index in [1.807, 2.05) is 9.80 Å². The van der Waals surface area contributed by atoms with Crippen LogP contribution in [0.5, 0.6) is 5.75 Å². The predicted octanol–water partition coefficient (Wildman–Crippen LogP) is 0.918. The van der Waals surface area contributed by atoms with Crippen LogP contribution in [0.3, 0.4) is 0 Å². The van der Waals surface area contributed by atoms with E-state index < -0.39 is 0 Å². The number of benzene rings is 1. The first-order valence-corrected chi connectivity index (χ1v) is 11.9. The van der Waals surface area contributed by atoms with E-state index in [1.54, 1.807) is 12.1 Å². The van der Waals surface area contributed by atoms with Gasteiger partial charge >= 0.3 is 0 Å². The molecule has 9 heteroatoms. The molecule has 0 saturated carbocycles. The highest BCUT2D eigenvalue weighted by Gasteiger charge is 2.36. The maximum absolute atomic E-state index is 13.3. The van der Waals surface area contributed by atoms with Crippen molar-refractivity contribution in [3.05, 3.63) is 30.1 Å². The molecule has 2 atom stereocenters. The molecule has 0 unspecified atom stereocenters. The third kappa shape index (κ3) is 6.65. The van der Waals surface area contributed by atoms with Crippen LogP contribution in [0.1, 0.15) is 12.8 Å². The predicted molar refractivity (Wildman–Crippen MR) is 121 cm³/mol. The van der Waals surface area contributed by atoms with Gasteiger partial charge in [-0.15, -0.1) is 0 Å². The number of piperidine rings is 1. The number of likely N-dealkylation sites (tertiary alicyclic amines) is 1. The molecule has 3 aliphatic rings. The number of rotatable bonds is 6. The van der Waals surface area contributed by atoms with Crippen molar-refractivity contribution in [2.45, 2.75) is 18.9 Å². The fourth-order valence-electron chi connectivity index (χ4n) is 4.74. The Balaban J connectivity index is 1.40. The molecule has 3 fully saturated rings. The molecule has 3 heterocycles. The summed E-state index contributed by atoms with van der Waals surface area (Å²) in [7, 11) is 2.06. The summed E-state index contributed by atoms with van der Waals surface area (Å²) < 4.78 is 24.9. The zero-order valence-corrected chi connectivity index (χ0v) is 19.5. The Hall–Kier alpha value is -2.23. The van der Waals surface area contributed by atoms with Gasteiger partial charge in [0.15, 0.2) is 0 Å². The molecule has 8 nitrogen and oxygen atoms in total. The van der Waals surface area contributed by atoms with Crippen molar-refractivity contribution < 1.29 is 23.5 Å². The van der Waals surface area contributed by atoms with Crippen LogP contribution < -0.4 is 4.74 Å². The van der Waals surface area contributed by atoms with E-state index in [0.29, 0.717) is 51.4 Å². The lowest BCUT2D eigenvalue weighted by molar-refractivity contribution is -0.141. The molecule has 0 spiro atoms. The molecule has 1 aromatic rings. The van der Waals surface area contributed by atoms with Crippen LogP contribution in [0.2, 0.25) is 0 Å². The Morgan fingerprint density at radius 1 is 0.970 bits per heavy atom. The Bertz CT molecular complexity index is 794. The summed E-state index contributed by atoms with van der Waals surface area (Å²) in [6.07, 6.45) is 0.795. The molecule has 182 valence electrons. The van der Waals surface area contributed by atoms with E-state index in [9.17, 15) is 14.0 Å². The number of morpholine rings is 1. The molecule has 4 rings (SSSR count). The van der Waals surface area contributed by atoms with Crippen molar-refractivity contribution in [1.29, 1.82) is 0 Å². The Morgan fingerprint density at radius 2 is 1.67 bits per heavy atom. The number of amides is 2. The minimum atomic E-state index is -0.312.